The maximum absolute atomic E-state index is 12.8. The lowest BCUT2D eigenvalue weighted by Crippen LogP contribution is -2.15. The molecule has 2 rings (SSSR count). The third kappa shape index (κ3) is 3.60. The van der Waals surface area contributed by atoms with Crippen LogP contribution in [0.3, 0.4) is 0 Å². The van der Waals surface area contributed by atoms with Gasteiger partial charge in [0.05, 0.1) is 17.7 Å². The molecule has 8 heteroatoms. The lowest BCUT2D eigenvalue weighted by atomic mass is 10.2. The van der Waals surface area contributed by atoms with E-state index in [2.05, 4.69) is 5.32 Å². The van der Waals surface area contributed by atoms with Gasteiger partial charge in [-0.05, 0) is 42.5 Å². The van der Waals surface area contributed by atoms with Crippen LogP contribution in [0.2, 0.25) is 0 Å². The molecule has 116 valence electrons. The molecule has 0 radical (unpaired) electrons. The molecular weight excluding hydrogens is 311 g/mol. The van der Waals surface area contributed by atoms with E-state index < -0.39 is 21.7 Å². The first-order valence-corrected chi connectivity index (χ1v) is 7.63. The Kier molecular flexibility index (Phi) is 4.43. The molecule has 1 amide bonds. The zero-order chi connectivity index (χ0) is 16.3. The summed E-state index contributed by atoms with van der Waals surface area (Å²) in [5, 5.41) is 7.56. The predicted molar refractivity (Wildman–Crippen MR) is 78.7 cm³/mol. The van der Waals surface area contributed by atoms with Crippen LogP contribution >= 0.6 is 0 Å². The Labute approximate surface area is 126 Å². The van der Waals surface area contributed by atoms with Crippen LogP contribution in [-0.2, 0) is 10.0 Å². The van der Waals surface area contributed by atoms with E-state index >= 15 is 0 Å². The second-order valence-electron chi connectivity index (χ2n) is 4.37. The number of carbonyl (C=O) groups excluding carboxylic acids is 1. The molecule has 0 aliphatic carbocycles. The Morgan fingerprint density at radius 3 is 2.36 bits per heavy atom. The van der Waals surface area contributed by atoms with Crippen molar-refractivity contribution in [3.05, 3.63) is 53.8 Å². The van der Waals surface area contributed by atoms with Gasteiger partial charge >= 0.3 is 0 Å². The lowest BCUT2D eigenvalue weighted by Gasteiger charge is -2.11. The molecule has 3 N–H and O–H groups in total. The van der Waals surface area contributed by atoms with E-state index in [4.69, 9.17) is 9.88 Å². The number of hydrogen-bond acceptors (Lipinski definition) is 4. The maximum atomic E-state index is 12.8. The molecular formula is C14H13FN2O4S. The molecule has 0 fully saturated rings. The van der Waals surface area contributed by atoms with Crippen LogP contribution in [0.15, 0.2) is 47.4 Å². The number of hydrogen-bond donors (Lipinski definition) is 2. The summed E-state index contributed by atoms with van der Waals surface area (Å²) in [5.41, 5.74) is 0.354. The van der Waals surface area contributed by atoms with Gasteiger partial charge in [-0.1, -0.05) is 0 Å². The van der Waals surface area contributed by atoms with E-state index in [1.165, 1.54) is 37.4 Å². The lowest BCUT2D eigenvalue weighted by molar-refractivity contribution is 0.102. The quantitative estimate of drug-likeness (QED) is 0.895. The molecule has 0 atom stereocenters. The normalized spacial score (nSPS) is 11.0. The van der Waals surface area contributed by atoms with Gasteiger partial charge in [0.15, 0.2) is 0 Å². The number of anilines is 1. The van der Waals surface area contributed by atoms with E-state index in [0.717, 1.165) is 12.1 Å². The number of benzene rings is 2. The average molecular weight is 324 g/mol. The van der Waals surface area contributed by atoms with Gasteiger partial charge in [-0.15, -0.1) is 0 Å². The number of carbonyl (C=O) groups is 1. The highest BCUT2D eigenvalue weighted by Gasteiger charge is 2.14. The number of primary sulfonamides is 1. The van der Waals surface area contributed by atoms with Crippen molar-refractivity contribution >= 4 is 21.6 Å². The highest BCUT2D eigenvalue weighted by atomic mass is 32.2. The molecule has 0 aromatic heterocycles. The van der Waals surface area contributed by atoms with Gasteiger partial charge in [0.25, 0.3) is 5.91 Å². The number of nitrogens with two attached hydrogens (primary N) is 1. The van der Waals surface area contributed by atoms with E-state index in [1.54, 1.807) is 0 Å². The van der Waals surface area contributed by atoms with Gasteiger partial charge in [-0.25, -0.2) is 17.9 Å². The Morgan fingerprint density at radius 2 is 1.82 bits per heavy atom. The molecule has 0 aliphatic heterocycles. The molecule has 2 aromatic carbocycles. The minimum Gasteiger partial charge on any atom is -0.495 e. The van der Waals surface area contributed by atoms with Crippen LogP contribution in [0, 0.1) is 5.82 Å². The molecule has 0 saturated heterocycles. The summed E-state index contributed by atoms with van der Waals surface area (Å²) >= 11 is 0. The largest absolute Gasteiger partial charge is 0.495 e. The van der Waals surface area contributed by atoms with E-state index in [9.17, 15) is 17.6 Å². The summed E-state index contributed by atoms with van der Waals surface area (Å²) in [6, 6.07) is 8.73. The van der Waals surface area contributed by atoms with Crippen molar-refractivity contribution in [1.82, 2.24) is 0 Å². The first kappa shape index (κ1) is 15.9. The number of amides is 1. The summed E-state index contributed by atoms with van der Waals surface area (Å²) in [6.07, 6.45) is 0. The first-order chi connectivity index (χ1) is 10.3. The predicted octanol–water partition coefficient (Wildman–Crippen LogP) is 1.73. The average Bonchev–Trinajstić information content (AvgIpc) is 2.46. The number of sulfonamides is 1. The SMILES string of the molecule is COc1ccc(S(N)(=O)=O)cc1NC(=O)c1ccc(F)cc1. The Hall–Kier alpha value is -2.45. The number of ether oxygens (including phenoxy) is 1. The molecule has 22 heavy (non-hydrogen) atoms. The second kappa shape index (κ2) is 6.12. The van der Waals surface area contributed by atoms with Crippen LogP contribution < -0.4 is 15.2 Å². The molecule has 0 unspecified atom stereocenters. The van der Waals surface area contributed by atoms with Crippen molar-refractivity contribution in [1.29, 1.82) is 0 Å². The maximum Gasteiger partial charge on any atom is 0.255 e. The highest BCUT2D eigenvalue weighted by molar-refractivity contribution is 7.89. The monoisotopic (exact) mass is 324 g/mol. The number of halogens is 1. The number of methoxy groups -OCH3 is 1. The molecule has 0 bridgehead atoms. The molecule has 0 aliphatic rings. The third-order valence-electron chi connectivity index (χ3n) is 2.85. The Balaban J connectivity index is 2.35. The van der Waals surface area contributed by atoms with Crippen molar-refractivity contribution in [2.24, 2.45) is 5.14 Å². The Bertz CT molecular complexity index is 804. The Morgan fingerprint density at radius 1 is 1.18 bits per heavy atom. The van der Waals surface area contributed by atoms with Crippen LogP contribution in [0.1, 0.15) is 10.4 Å². The fourth-order valence-corrected chi connectivity index (χ4v) is 2.30. The zero-order valence-electron chi connectivity index (χ0n) is 11.5. The van der Waals surface area contributed by atoms with Crippen molar-refractivity contribution in [2.45, 2.75) is 4.90 Å². The van der Waals surface area contributed by atoms with Crippen molar-refractivity contribution < 1.29 is 22.3 Å². The minimum atomic E-state index is -3.91. The summed E-state index contributed by atoms with van der Waals surface area (Å²) in [7, 11) is -2.54. The van der Waals surface area contributed by atoms with Crippen LogP contribution in [0.4, 0.5) is 10.1 Å². The van der Waals surface area contributed by atoms with Gasteiger partial charge in [0.1, 0.15) is 11.6 Å². The van der Waals surface area contributed by atoms with Gasteiger partial charge in [-0.2, -0.15) is 0 Å². The topological polar surface area (TPSA) is 98.5 Å². The van der Waals surface area contributed by atoms with Crippen LogP contribution in [0.5, 0.6) is 5.75 Å². The third-order valence-corrected chi connectivity index (χ3v) is 3.77. The highest BCUT2D eigenvalue weighted by Crippen LogP contribution is 2.27. The van der Waals surface area contributed by atoms with E-state index in [1.807, 2.05) is 0 Å². The molecule has 2 aromatic rings. The van der Waals surface area contributed by atoms with Crippen LogP contribution in [-0.4, -0.2) is 21.4 Å². The molecule has 6 nitrogen and oxygen atoms in total. The minimum absolute atomic E-state index is 0.142. The number of nitrogens with one attached hydrogen (secondary N) is 1. The summed E-state index contributed by atoms with van der Waals surface area (Å²) in [6.45, 7) is 0. The summed E-state index contributed by atoms with van der Waals surface area (Å²) in [4.78, 5) is 11.9. The van der Waals surface area contributed by atoms with E-state index in [-0.39, 0.29) is 21.9 Å². The van der Waals surface area contributed by atoms with E-state index in [0.29, 0.717) is 0 Å². The van der Waals surface area contributed by atoms with Crippen LogP contribution in [0.25, 0.3) is 0 Å². The van der Waals surface area contributed by atoms with Gasteiger partial charge in [0, 0.05) is 5.56 Å². The van der Waals surface area contributed by atoms with Crippen molar-refractivity contribution in [3.8, 4) is 5.75 Å². The standard InChI is InChI=1S/C14H13FN2O4S/c1-21-13-7-6-11(22(16,19)20)8-12(13)17-14(18)9-2-4-10(15)5-3-9/h2-8H,1H3,(H,17,18)(H2,16,19,20). The first-order valence-electron chi connectivity index (χ1n) is 6.09. The van der Waals surface area contributed by atoms with Gasteiger partial charge in [-0.3, -0.25) is 4.79 Å². The fourth-order valence-electron chi connectivity index (χ4n) is 1.76. The second-order valence-corrected chi connectivity index (χ2v) is 5.93. The number of rotatable bonds is 4. The smallest absolute Gasteiger partial charge is 0.255 e. The fraction of sp³-hybridized carbons (Fsp3) is 0.0714. The van der Waals surface area contributed by atoms with Crippen molar-refractivity contribution in [3.63, 3.8) is 0 Å². The molecule has 0 saturated carbocycles. The summed E-state index contributed by atoms with van der Waals surface area (Å²) in [5.74, 6) is -0.738. The van der Waals surface area contributed by atoms with Gasteiger partial charge < -0.3 is 10.1 Å². The summed E-state index contributed by atoms with van der Waals surface area (Å²) < 4.78 is 40.6. The molecule has 0 heterocycles. The molecule has 0 spiro atoms. The zero-order valence-corrected chi connectivity index (χ0v) is 12.4. The van der Waals surface area contributed by atoms with Crippen molar-refractivity contribution in [2.75, 3.05) is 12.4 Å². The van der Waals surface area contributed by atoms with Gasteiger partial charge in [0.2, 0.25) is 10.0 Å².